The summed E-state index contributed by atoms with van der Waals surface area (Å²) in [5.74, 6) is -0.0470. The van der Waals surface area contributed by atoms with Gasteiger partial charge in [-0.05, 0) is 44.4 Å². The third kappa shape index (κ3) is 3.33. The predicted molar refractivity (Wildman–Crippen MR) is 102 cm³/mol. The summed E-state index contributed by atoms with van der Waals surface area (Å²) in [5.41, 5.74) is -0.0411. The van der Waals surface area contributed by atoms with E-state index in [0.717, 1.165) is 38.1 Å². The highest BCUT2D eigenvalue weighted by atomic mass is 32.2. The van der Waals surface area contributed by atoms with Crippen LogP contribution in [-0.2, 0) is 15.8 Å². The first-order valence-corrected chi connectivity index (χ1v) is 10.4. The van der Waals surface area contributed by atoms with E-state index >= 15 is 0 Å². The molecule has 3 aliphatic rings. The van der Waals surface area contributed by atoms with E-state index in [2.05, 4.69) is 5.32 Å². The van der Waals surface area contributed by atoms with Crippen LogP contribution in [0.2, 0.25) is 0 Å². The van der Waals surface area contributed by atoms with Crippen LogP contribution >= 0.6 is 11.8 Å². The van der Waals surface area contributed by atoms with Crippen molar-refractivity contribution in [2.45, 2.75) is 49.7 Å². The van der Waals surface area contributed by atoms with Crippen molar-refractivity contribution in [3.8, 4) is 0 Å². The molecule has 1 aromatic carbocycles. The summed E-state index contributed by atoms with van der Waals surface area (Å²) in [6.45, 7) is 3.43. The first-order chi connectivity index (χ1) is 13.2. The van der Waals surface area contributed by atoms with Crippen LogP contribution in [0.4, 0.5) is 24.5 Å². The maximum absolute atomic E-state index is 13.2. The lowest BCUT2D eigenvalue weighted by molar-refractivity contribution is -0.137. The lowest BCUT2D eigenvalue weighted by atomic mass is 10.1. The molecule has 0 unspecified atom stereocenters. The van der Waals surface area contributed by atoms with Crippen LogP contribution in [0.1, 0.15) is 38.2 Å². The molecule has 2 amide bonds. The number of hydrogen-bond donors (Lipinski definition) is 1. The van der Waals surface area contributed by atoms with Crippen molar-refractivity contribution in [1.82, 2.24) is 4.90 Å². The van der Waals surface area contributed by atoms with Gasteiger partial charge in [-0.3, -0.25) is 9.59 Å². The Bertz CT molecular complexity index is 810. The zero-order valence-corrected chi connectivity index (χ0v) is 16.3. The number of halogens is 3. The van der Waals surface area contributed by atoms with Crippen molar-refractivity contribution in [3.63, 3.8) is 0 Å². The average Bonchev–Trinajstić information content (AvgIpc) is 3.32. The number of amides is 2. The highest BCUT2D eigenvalue weighted by Gasteiger charge is 2.53. The summed E-state index contributed by atoms with van der Waals surface area (Å²) in [6.07, 6.45) is -1.48. The van der Waals surface area contributed by atoms with Gasteiger partial charge in [0, 0.05) is 25.3 Å². The molecule has 0 radical (unpaired) electrons. The number of nitrogens with zero attached hydrogens (tertiary/aromatic N) is 2. The van der Waals surface area contributed by atoms with E-state index in [9.17, 15) is 22.8 Å². The summed E-state index contributed by atoms with van der Waals surface area (Å²) in [4.78, 5) is 28.4. The number of nitrogens with one attached hydrogen (secondary N) is 1. The van der Waals surface area contributed by atoms with Gasteiger partial charge in [-0.2, -0.15) is 13.2 Å². The topological polar surface area (TPSA) is 52.7 Å². The summed E-state index contributed by atoms with van der Waals surface area (Å²) in [5, 5.41) is 2.70. The van der Waals surface area contributed by atoms with Crippen LogP contribution in [0.15, 0.2) is 18.2 Å². The van der Waals surface area contributed by atoms with E-state index in [1.807, 2.05) is 11.8 Å². The van der Waals surface area contributed by atoms with E-state index in [4.69, 9.17) is 0 Å². The van der Waals surface area contributed by atoms with E-state index < -0.39 is 28.6 Å². The monoisotopic (exact) mass is 413 g/mol. The fourth-order valence-corrected chi connectivity index (χ4v) is 5.71. The Hall–Kier alpha value is -1.90. The number of thioether (sulfide) groups is 1. The minimum Gasteiger partial charge on any atom is -0.370 e. The van der Waals surface area contributed by atoms with Crippen LogP contribution in [-0.4, -0.2) is 46.5 Å². The van der Waals surface area contributed by atoms with Crippen molar-refractivity contribution in [1.29, 1.82) is 0 Å². The van der Waals surface area contributed by atoms with Crippen molar-refractivity contribution in [2.24, 2.45) is 0 Å². The molecule has 0 spiro atoms. The summed E-state index contributed by atoms with van der Waals surface area (Å²) in [7, 11) is 0. The Morgan fingerprint density at radius 1 is 1.29 bits per heavy atom. The predicted octanol–water partition coefficient (Wildman–Crippen LogP) is 3.70. The molecule has 3 fully saturated rings. The van der Waals surface area contributed by atoms with Gasteiger partial charge in [0.05, 0.1) is 21.8 Å². The summed E-state index contributed by atoms with van der Waals surface area (Å²) in [6, 6.07) is 2.82. The number of carbonyl (C=O) groups is 2. The van der Waals surface area contributed by atoms with Crippen LogP contribution < -0.4 is 10.2 Å². The molecule has 0 saturated carbocycles. The Morgan fingerprint density at radius 2 is 2.00 bits per heavy atom. The molecule has 5 nitrogen and oxygen atoms in total. The van der Waals surface area contributed by atoms with Gasteiger partial charge < -0.3 is 15.1 Å². The number of carbonyl (C=O) groups excluding carboxylic acids is 2. The van der Waals surface area contributed by atoms with E-state index in [1.165, 1.54) is 6.07 Å². The molecule has 3 aliphatic heterocycles. The number of anilines is 2. The Morgan fingerprint density at radius 3 is 2.68 bits per heavy atom. The molecular weight excluding hydrogens is 391 g/mol. The molecule has 9 heteroatoms. The lowest BCUT2D eigenvalue weighted by Crippen LogP contribution is -2.48. The van der Waals surface area contributed by atoms with Gasteiger partial charge in [-0.15, -0.1) is 11.8 Å². The average molecular weight is 413 g/mol. The van der Waals surface area contributed by atoms with Crippen LogP contribution in [0.3, 0.4) is 0 Å². The van der Waals surface area contributed by atoms with Crippen LogP contribution in [0.25, 0.3) is 0 Å². The van der Waals surface area contributed by atoms with Crippen molar-refractivity contribution in [3.05, 3.63) is 23.8 Å². The molecule has 4 rings (SSSR count). The Balaban J connectivity index is 1.62. The lowest BCUT2D eigenvalue weighted by Gasteiger charge is -2.30. The molecule has 0 bridgehead atoms. The second-order valence-electron chi connectivity index (χ2n) is 7.68. The second-order valence-corrected chi connectivity index (χ2v) is 9.18. The van der Waals surface area contributed by atoms with Gasteiger partial charge >= 0.3 is 6.18 Å². The third-order valence-electron chi connectivity index (χ3n) is 5.78. The SMILES string of the molecule is C[C@@]12CCC(=O)N1[C@H](C(=O)Nc1cc(C(F)(F)F)ccc1N1CCCC1)CS2. The van der Waals surface area contributed by atoms with Gasteiger partial charge in [0.15, 0.2) is 0 Å². The molecular formula is C19H22F3N3O2S. The maximum atomic E-state index is 13.2. The first kappa shape index (κ1) is 19.4. The minimum absolute atomic E-state index is 0.0727. The van der Waals surface area contributed by atoms with Crippen LogP contribution in [0.5, 0.6) is 0 Å². The fraction of sp³-hybridized carbons (Fsp3) is 0.579. The standard InChI is InChI=1S/C19H22F3N3O2S/c1-18-7-6-16(26)25(18)15(11-28-18)17(27)23-13-10-12(19(20,21)22)4-5-14(13)24-8-2-3-9-24/h4-5,10,15H,2-3,6-9,11H2,1H3,(H,23,27)/t15-,18+/m0/s1. The molecule has 152 valence electrons. The van der Waals surface area contributed by atoms with Gasteiger partial charge in [0.2, 0.25) is 11.8 Å². The quantitative estimate of drug-likeness (QED) is 0.821. The molecule has 1 aromatic rings. The van der Waals surface area contributed by atoms with Gasteiger partial charge in [0.1, 0.15) is 6.04 Å². The Labute approximate surface area is 165 Å². The van der Waals surface area contributed by atoms with Crippen molar-refractivity contribution in [2.75, 3.05) is 29.1 Å². The van der Waals surface area contributed by atoms with Gasteiger partial charge in [0.25, 0.3) is 0 Å². The molecule has 3 saturated heterocycles. The zero-order valence-electron chi connectivity index (χ0n) is 15.5. The number of benzene rings is 1. The number of alkyl halides is 3. The first-order valence-electron chi connectivity index (χ1n) is 9.42. The number of hydrogen-bond acceptors (Lipinski definition) is 4. The molecule has 0 aliphatic carbocycles. The van der Waals surface area contributed by atoms with Gasteiger partial charge in [-0.25, -0.2) is 0 Å². The minimum atomic E-state index is -4.49. The zero-order chi connectivity index (χ0) is 20.1. The number of fused-ring (bicyclic) bond motifs is 1. The molecule has 2 atom stereocenters. The van der Waals surface area contributed by atoms with E-state index in [1.54, 1.807) is 16.7 Å². The summed E-state index contributed by atoms with van der Waals surface area (Å²) < 4.78 is 39.6. The van der Waals surface area contributed by atoms with Crippen LogP contribution in [0, 0.1) is 0 Å². The largest absolute Gasteiger partial charge is 0.416 e. The third-order valence-corrected chi connectivity index (χ3v) is 7.28. The normalized spacial score (nSPS) is 27.4. The second kappa shape index (κ2) is 6.86. The van der Waals surface area contributed by atoms with E-state index in [-0.39, 0.29) is 11.6 Å². The fourth-order valence-electron chi connectivity index (χ4n) is 4.28. The number of rotatable bonds is 3. The molecule has 1 N–H and O–H groups in total. The smallest absolute Gasteiger partial charge is 0.370 e. The molecule has 3 heterocycles. The highest BCUT2D eigenvalue weighted by Crippen LogP contribution is 2.47. The van der Waals surface area contributed by atoms with Crippen molar-refractivity contribution < 1.29 is 22.8 Å². The van der Waals surface area contributed by atoms with E-state index in [0.29, 0.717) is 24.3 Å². The Kier molecular flexibility index (Phi) is 4.76. The highest BCUT2D eigenvalue weighted by molar-refractivity contribution is 8.01. The molecule has 28 heavy (non-hydrogen) atoms. The summed E-state index contributed by atoms with van der Waals surface area (Å²) >= 11 is 1.56. The maximum Gasteiger partial charge on any atom is 0.416 e. The molecule has 0 aromatic heterocycles. The van der Waals surface area contributed by atoms with Crippen molar-refractivity contribution >= 4 is 35.0 Å². The van der Waals surface area contributed by atoms with Gasteiger partial charge in [-0.1, -0.05) is 0 Å².